The third-order valence-corrected chi connectivity index (χ3v) is 3.49. The lowest BCUT2D eigenvalue weighted by atomic mass is 9.91. The van der Waals surface area contributed by atoms with Crippen molar-refractivity contribution >= 4 is 23.3 Å². The highest BCUT2D eigenvalue weighted by Crippen LogP contribution is 2.36. The third kappa shape index (κ3) is 1.95. The van der Waals surface area contributed by atoms with Crippen LogP contribution in [0, 0.1) is 5.92 Å². The van der Waals surface area contributed by atoms with Gasteiger partial charge in [0.05, 0.1) is 5.69 Å². The quantitative estimate of drug-likeness (QED) is 0.851. The van der Waals surface area contributed by atoms with E-state index in [4.69, 9.17) is 0 Å². The van der Waals surface area contributed by atoms with Crippen molar-refractivity contribution < 1.29 is 14.7 Å². The molecule has 0 aromatic heterocycles. The monoisotopic (exact) mass is 267 g/mol. The second-order valence-corrected chi connectivity index (χ2v) is 4.73. The maximum absolute atomic E-state index is 12.5. The van der Waals surface area contributed by atoms with Gasteiger partial charge in [-0.15, -0.1) is 0 Å². The topological polar surface area (TPSA) is 57.6 Å². The van der Waals surface area contributed by atoms with Crippen LogP contribution in [0.1, 0.15) is 5.56 Å². The molecule has 3 rings (SSSR count). The van der Waals surface area contributed by atoms with Crippen molar-refractivity contribution in [2.24, 2.45) is 5.92 Å². The second kappa shape index (κ2) is 4.81. The number of hydrogen-bond acceptors (Lipinski definition) is 2. The first-order valence-electron chi connectivity index (χ1n) is 6.38. The molecule has 2 aromatic carbocycles. The number of carbonyl (C=O) groups excluding carboxylic acids is 1. The van der Waals surface area contributed by atoms with E-state index in [0.717, 1.165) is 11.3 Å². The maximum Gasteiger partial charge on any atom is 0.316 e. The molecule has 0 aliphatic carbocycles. The van der Waals surface area contributed by atoms with Crippen LogP contribution < -0.4 is 4.90 Å². The van der Waals surface area contributed by atoms with E-state index in [-0.39, 0.29) is 12.3 Å². The van der Waals surface area contributed by atoms with E-state index in [9.17, 15) is 14.7 Å². The average molecular weight is 267 g/mol. The van der Waals surface area contributed by atoms with Gasteiger partial charge in [-0.25, -0.2) is 0 Å². The average Bonchev–Trinajstić information content (AvgIpc) is 2.47. The Morgan fingerprint density at radius 3 is 2.40 bits per heavy atom. The zero-order chi connectivity index (χ0) is 14.1. The van der Waals surface area contributed by atoms with Crippen LogP contribution in [0.25, 0.3) is 0 Å². The van der Waals surface area contributed by atoms with Gasteiger partial charge in [0.2, 0.25) is 5.91 Å². The number of amides is 1. The number of carboxylic acids is 1. The minimum Gasteiger partial charge on any atom is -0.481 e. The lowest BCUT2D eigenvalue weighted by Gasteiger charge is -2.32. The van der Waals surface area contributed by atoms with Gasteiger partial charge in [0.25, 0.3) is 0 Å². The van der Waals surface area contributed by atoms with Crippen LogP contribution in [0.3, 0.4) is 0 Å². The molecule has 1 unspecified atom stereocenters. The molecule has 1 amide bonds. The molecule has 0 radical (unpaired) electrons. The molecule has 1 N–H and O–H groups in total. The fraction of sp³-hybridized carbons (Fsp3) is 0.125. The Morgan fingerprint density at radius 1 is 1.05 bits per heavy atom. The lowest BCUT2D eigenvalue weighted by molar-refractivity contribution is -0.146. The number of para-hydroxylation sites is 2. The Labute approximate surface area is 116 Å². The molecule has 0 fully saturated rings. The van der Waals surface area contributed by atoms with Crippen molar-refractivity contribution in [1.82, 2.24) is 0 Å². The number of anilines is 2. The van der Waals surface area contributed by atoms with Gasteiger partial charge in [-0.3, -0.25) is 14.5 Å². The van der Waals surface area contributed by atoms with Gasteiger partial charge in [0, 0.05) is 5.69 Å². The number of nitrogens with zero attached hydrogens (tertiary/aromatic N) is 1. The second-order valence-electron chi connectivity index (χ2n) is 4.73. The Hall–Kier alpha value is -2.62. The van der Waals surface area contributed by atoms with Gasteiger partial charge in [0.1, 0.15) is 5.92 Å². The molecule has 1 atom stereocenters. The van der Waals surface area contributed by atoms with E-state index < -0.39 is 11.9 Å². The van der Waals surface area contributed by atoms with Crippen molar-refractivity contribution in [2.75, 3.05) is 4.90 Å². The molecule has 0 saturated carbocycles. The SMILES string of the molecule is O=C(O)C1Cc2ccccc2N(c2ccccc2)C1=O. The molecule has 0 spiro atoms. The standard InChI is InChI=1S/C16H13NO3/c18-15-13(16(19)20)10-11-6-4-5-9-14(11)17(15)12-7-2-1-3-8-12/h1-9,13H,10H2,(H,19,20). The van der Waals surface area contributed by atoms with E-state index in [1.54, 1.807) is 12.1 Å². The van der Waals surface area contributed by atoms with Crippen LogP contribution in [-0.4, -0.2) is 17.0 Å². The highest BCUT2D eigenvalue weighted by atomic mass is 16.4. The number of aliphatic carboxylic acids is 1. The number of hydrogen-bond donors (Lipinski definition) is 1. The third-order valence-electron chi connectivity index (χ3n) is 3.49. The summed E-state index contributed by atoms with van der Waals surface area (Å²) >= 11 is 0. The van der Waals surface area contributed by atoms with Crippen LogP contribution in [-0.2, 0) is 16.0 Å². The molecule has 20 heavy (non-hydrogen) atoms. The first-order valence-corrected chi connectivity index (χ1v) is 6.38. The molecule has 0 bridgehead atoms. The van der Waals surface area contributed by atoms with Gasteiger partial charge in [-0.1, -0.05) is 36.4 Å². The summed E-state index contributed by atoms with van der Waals surface area (Å²) in [6.45, 7) is 0. The van der Waals surface area contributed by atoms with Gasteiger partial charge in [-0.2, -0.15) is 0 Å². The molecule has 4 nitrogen and oxygen atoms in total. The van der Waals surface area contributed by atoms with Gasteiger partial charge < -0.3 is 5.11 Å². The largest absolute Gasteiger partial charge is 0.481 e. The Balaban J connectivity index is 2.15. The van der Waals surface area contributed by atoms with Crippen molar-refractivity contribution in [3.8, 4) is 0 Å². The highest BCUT2D eigenvalue weighted by molar-refractivity contribution is 6.12. The number of carbonyl (C=O) groups is 2. The van der Waals surface area contributed by atoms with Crippen LogP contribution >= 0.6 is 0 Å². The smallest absolute Gasteiger partial charge is 0.316 e. The van der Waals surface area contributed by atoms with Crippen molar-refractivity contribution in [3.63, 3.8) is 0 Å². The molecular weight excluding hydrogens is 254 g/mol. The van der Waals surface area contributed by atoms with E-state index >= 15 is 0 Å². The predicted octanol–water partition coefficient (Wildman–Crippen LogP) is 2.61. The first-order chi connectivity index (χ1) is 9.68. The summed E-state index contributed by atoms with van der Waals surface area (Å²) in [7, 11) is 0. The zero-order valence-electron chi connectivity index (χ0n) is 10.7. The summed E-state index contributed by atoms with van der Waals surface area (Å²) in [5.74, 6) is -2.49. The zero-order valence-corrected chi connectivity index (χ0v) is 10.7. The van der Waals surface area contributed by atoms with E-state index in [0.29, 0.717) is 5.69 Å². The number of benzene rings is 2. The van der Waals surface area contributed by atoms with Crippen molar-refractivity contribution in [3.05, 3.63) is 60.2 Å². The Kier molecular flexibility index (Phi) is 2.99. The minimum absolute atomic E-state index is 0.244. The summed E-state index contributed by atoms with van der Waals surface area (Å²) in [5.41, 5.74) is 2.33. The van der Waals surface area contributed by atoms with Gasteiger partial charge in [0.15, 0.2) is 0 Å². The van der Waals surface area contributed by atoms with E-state index in [1.165, 1.54) is 4.90 Å². The van der Waals surface area contributed by atoms with Crippen LogP contribution in [0.5, 0.6) is 0 Å². The molecular formula is C16H13NO3. The fourth-order valence-corrected chi connectivity index (χ4v) is 2.52. The maximum atomic E-state index is 12.5. The summed E-state index contributed by atoms with van der Waals surface area (Å²) in [6.07, 6.45) is 0.244. The van der Waals surface area contributed by atoms with Gasteiger partial charge >= 0.3 is 5.97 Å². The van der Waals surface area contributed by atoms with E-state index in [1.807, 2.05) is 42.5 Å². The minimum atomic E-state index is -1.08. The molecule has 0 saturated heterocycles. The molecule has 4 heteroatoms. The predicted molar refractivity (Wildman–Crippen MR) is 74.9 cm³/mol. The van der Waals surface area contributed by atoms with E-state index in [2.05, 4.69) is 0 Å². The van der Waals surface area contributed by atoms with Crippen LogP contribution in [0.15, 0.2) is 54.6 Å². The van der Waals surface area contributed by atoms with Gasteiger partial charge in [-0.05, 0) is 30.2 Å². The Morgan fingerprint density at radius 2 is 1.70 bits per heavy atom. The molecule has 100 valence electrons. The summed E-state index contributed by atoms with van der Waals surface area (Å²) < 4.78 is 0. The molecule has 1 heterocycles. The number of fused-ring (bicyclic) bond motifs is 1. The lowest BCUT2D eigenvalue weighted by Crippen LogP contribution is -2.41. The molecule has 2 aromatic rings. The Bertz CT molecular complexity index is 666. The summed E-state index contributed by atoms with van der Waals surface area (Å²) in [5, 5.41) is 9.25. The van der Waals surface area contributed by atoms with Crippen molar-refractivity contribution in [2.45, 2.75) is 6.42 Å². The number of rotatable bonds is 2. The summed E-state index contributed by atoms with van der Waals surface area (Å²) in [6, 6.07) is 16.5. The normalized spacial score (nSPS) is 17.7. The highest BCUT2D eigenvalue weighted by Gasteiger charge is 2.37. The summed E-state index contributed by atoms with van der Waals surface area (Å²) in [4.78, 5) is 25.3. The fourth-order valence-electron chi connectivity index (χ4n) is 2.52. The van der Waals surface area contributed by atoms with Crippen LogP contribution in [0.4, 0.5) is 11.4 Å². The first kappa shape index (κ1) is 12.4. The van der Waals surface area contributed by atoms with Crippen molar-refractivity contribution in [1.29, 1.82) is 0 Å². The molecule has 1 aliphatic rings. The van der Waals surface area contributed by atoms with Crippen LogP contribution in [0.2, 0.25) is 0 Å². The molecule has 1 aliphatic heterocycles. The number of carboxylic acid groups (broad SMARTS) is 1.